The number of halogens is 3. The fraction of sp³-hybridized carbons (Fsp3) is 0.739. The molecule has 0 atom stereocenters. The Balaban J connectivity index is 0.000000285. The van der Waals surface area contributed by atoms with E-state index >= 15 is 0 Å². The van der Waals surface area contributed by atoms with Gasteiger partial charge in [-0.2, -0.15) is 13.2 Å². The Hall–Kier alpha value is -1.83. The minimum Gasteiger partial charge on any atom is -0.444 e. The first-order chi connectivity index (χ1) is 14.5. The van der Waals surface area contributed by atoms with E-state index in [2.05, 4.69) is 4.98 Å². The number of alkyl halides is 3. The molecule has 5 nitrogen and oxygen atoms in total. The first-order valence-corrected chi connectivity index (χ1v) is 11.1. The zero-order valence-corrected chi connectivity index (χ0v) is 18.8. The van der Waals surface area contributed by atoms with Crippen LogP contribution in [0, 0.1) is 5.92 Å². The van der Waals surface area contributed by atoms with E-state index in [0.29, 0.717) is 12.0 Å². The van der Waals surface area contributed by atoms with E-state index in [0.717, 1.165) is 44.8 Å². The summed E-state index contributed by atoms with van der Waals surface area (Å²) in [7, 11) is 0. The molecule has 2 heterocycles. The molecular weight excluding hydrogens is 409 g/mol. The molecule has 0 radical (unpaired) electrons. The predicted octanol–water partition coefficient (Wildman–Crippen LogP) is 6.08. The summed E-state index contributed by atoms with van der Waals surface area (Å²) in [6.45, 7) is 8.20. The molecule has 1 amide bonds. The molecule has 0 spiro atoms. The Morgan fingerprint density at radius 2 is 1.74 bits per heavy atom. The molecule has 176 valence electrons. The number of nitrogens with zero attached hydrogens (tertiary/aromatic N) is 2. The average Bonchev–Trinajstić information content (AvgIpc) is 2.73. The minimum absolute atomic E-state index is 0.172. The molecule has 3 rings (SSSR count). The third-order valence-electron chi connectivity index (χ3n) is 5.37. The molecule has 2 aliphatic rings. The summed E-state index contributed by atoms with van der Waals surface area (Å²) in [5.41, 5.74) is -1.12. The van der Waals surface area contributed by atoms with Crippen LogP contribution in [0.4, 0.5) is 18.0 Å². The van der Waals surface area contributed by atoms with Crippen molar-refractivity contribution >= 4 is 6.09 Å². The van der Waals surface area contributed by atoms with Crippen LogP contribution in [-0.2, 0) is 15.7 Å². The Bertz CT molecular complexity index is 648. The second-order valence-corrected chi connectivity index (χ2v) is 9.24. The molecule has 1 aliphatic carbocycles. The van der Waals surface area contributed by atoms with E-state index in [1.54, 1.807) is 0 Å². The lowest BCUT2D eigenvalue weighted by Crippen LogP contribution is -2.42. The van der Waals surface area contributed by atoms with Crippen LogP contribution in [0.2, 0.25) is 0 Å². The van der Waals surface area contributed by atoms with Gasteiger partial charge in [0.1, 0.15) is 5.60 Å². The minimum atomic E-state index is -4.27. The first kappa shape index (κ1) is 25.4. The smallest absolute Gasteiger partial charge is 0.417 e. The molecular formula is C23H35F3N2O3. The summed E-state index contributed by atoms with van der Waals surface area (Å²) in [5, 5.41) is 0. The van der Waals surface area contributed by atoms with Gasteiger partial charge >= 0.3 is 12.3 Å². The monoisotopic (exact) mass is 444 g/mol. The maximum Gasteiger partial charge on any atom is 0.417 e. The highest BCUT2D eigenvalue weighted by Crippen LogP contribution is 2.28. The standard InChI is InChI=1S/C17H31NO3.C6H4F3N/c1-17(2,3)21-16(19)18-11-9-14(10-12-18)13-20-15-7-5-4-6-8-15;7-6(8,9)5-2-1-3-10-4-5/h14-15H,4-13H2,1-3H3;1-4H. The maximum absolute atomic E-state index is 12.0. The number of likely N-dealkylation sites (tertiary alicyclic amines) is 1. The average molecular weight is 445 g/mol. The fourth-order valence-electron chi connectivity index (χ4n) is 3.64. The van der Waals surface area contributed by atoms with Gasteiger partial charge in [-0.1, -0.05) is 19.3 Å². The van der Waals surface area contributed by atoms with E-state index < -0.39 is 17.3 Å². The Morgan fingerprint density at radius 3 is 2.23 bits per heavy atom. The van der Waals surface area contributed by atoms with Crippen molar-refractivity contribution in [3.05, 3.63) is 30.1 Å². The van der Waals surface area contributed by atoms with Crippen molar-refractivity contribution < 1.29 is 27.4 Å². The molecule has 1 saturated heterocycles. The first-order valence-electron chi connectivity index (χ1n) is 11.1. The van der Waals surface area contributed by atoms with Gasteiger partial charge in [0, 0.05) is 32.1 Å². The van der Waals surface area contributed by atoms with Crippen molar-refractivity contribution in [1.29, 1.82) is 0 Å². The van der Waals surface area contributed by atoms with Crippen LogP contribution >= 0.6 is 0 Å². The van der Waals surface area contributed by atoms with Gasteiger partial charge in [0.15, 0.2) is 0 Å². The molecule has 0 bridgehead atoms. The number of hydrogen-bond acceptors (Lipinski definition) is 4. The highest BCUT2D eigenvalue weighted by atomic mass is 19.4. The number of hydrogen-bond donors (Lipinski definition) is 0. The topological polar surface area (TPSA) is 51.7 Å². The lowest BCUT2D eigenvalue weighted by Gasteiger charge is -2.34. The van der Waals surface area contributed by atoms with Crippen LogP contribution in [-0.4, -0.2) is 47.4 Å². The molecule has 0 aromatic carbocycles. The van der Waals surface area contributed by atoms with Gasteiger partial charge in [-0.05, 0) is 64.5 Å². The van der Waals surface area contributed by atoms with E-state index in [4.69, 9.17) is 9.47 Å². The molecule has 1 saturated carbocycles. The maximum atomic E-state index is 12.0. The molecule has 2 fully saturated rings. The summed E-state index contributed by atoms with van der Waals surface area (Å²) in [6.07, 6.45) is 6.68. The third-order valence-corrected chi connectivity index (χ3v) is 5.37. The van der Waals surface area contributed by atoms with Crippen molar-refractivity contribution in [2.24, 2.45) is 5.92 Å². The van der Waals surface area contributed by atoms with Gasteiger partial charge in [0.25, 0.3) is 0 Å². The Morgan fingerprint density at radius 1 is 1.10 bits per heavy atom. The highest BCUT2D eigenvalue weighted by molar-refractivity contribution is 5.68. The Kier molecular flexibility index (Phi) is 9.59. The van der Waals surface area contributed by atoms with E-state index in [-0.39, 0.29) is 6.09 Å². The molecule has 1 aromatic heterocycles. The summed E-state index contributed by atoms with van der Waals surface area (Å²) < 4.78 is 46.7. The molecule has 1 aliphatic heterocycles. The van der Waals surface area contributed by atoms with Crippen molar-refractivity contribution in [2.75, 3.05) is 19.7 Å². The zero-order chi connectivity index (χ0) is 22.9. The number of rotatable bonds is 3. The van der Waals surface area contributed by atoms with Gasteiger partial charge in [0.05, 0.1) is 11.7 Å². The van der Waals surface area contributed by atoms with Gasteiger partial charge in [-0.15, -0.1) is 0 Å². The predicted molar refractivity (Wildman–Crippen MR) is 113 cm³/mol. The van der Waals surface area contributed by atoms with Gasteiger partial charge in [-0.3, -0.25) is 4.98 Å². The van der Waals surface area contributed by atoms with Gasteiger partial charge in [0.2, 0.25) is 0 Å². The van der Waals surface area contributed by atoms with Crippen molar-refractivity contribution in [2.45, 2.75) is 83.6 Å². The van der Waals surface area contributed by atoms with E-state index in [9.17, 15) is 18.0 Å². The van der Waals surface area contributed by atoms with Crippen LogP contribution < -0.4 is 0 Å². The molecule has 0 N–H and O–H groups in total. The second kappa shape index (κ2) is 11.7. The van der Waals surface area contributed by atoms with E-state index in [1.165, 1.54) is 44.4 Å². The largest absolute Gasteiger partial charge is 0.444 e. The highest BCUT2D eigenvalue weighted by Gasteiger charge is 2.30. The number of aromatic nitrogens is 1. The fourth-order valence-corrected chi connectivity index (χ4v) is 3.64. The quantitative estimate of drug-likeness (QED) is 0.567. The molecule has 0 unspecified atom stereocenters. The second-order valence-electron chi connectivity index (χ2n) is 9.24. The molecule has 8 heteroatoms. The number of piperidine rings is 1. The zero-order valence-electron chi connectivity index (χ0n) is 18.8. The SMILES string of the molecule is CC(C)(C)OC(=O)N1CCC(COC2CCCCC2)CC1.FC(F)(F)c1cccnc1. The van der Waals surface area contributed by atoms with Crippen LogP contribution in [0.15, 0.2) is 24.5 Å². The number of ether oxygens (including phenoxy) is 2. The molecule has 1 aromatic rings. The number of carbonyl (C=O) groups is 1. The third kappa shape index (κ3) is 9.89. The van der Waals surface area contributed by atoms with Crippen LogP contribution in [0.5, 0.6) is 0 Å². The number of amides is 1. The number of carbonyl (C=O) groups excluding carboxylic acids is 1. The van der Waals surface area contributed by atoms with Crippen LogP contribution in [0.3, 0.4) is 0 Å². The van der Waals surface area contributed by atoms with Crippen LogP contribution in [0.25, 0.3) is 0 Å². The van der Waals surface area contributed by atoms with Crippen molar-refractivity contribution in [1.82, 2.24) is 9.88 Å². The summed E-state index contributed by atoms with van der Waals surface area (Å²) in [4.78, 5) is 17.2. The van der Waals surface area contributed by atoms with Gasteiger partial charge < -0.3 is 14.4 Å². The summed E-state index contributed by atoms with van der Waals surface area (Å²) in [5.74, 6) is 0.602. The van der Waals surface area contributed by atoms with E-state index in [1.807, 2.05) is 25.7 Å². The van der Waals surface area contributed by atoms with Crippen molar-refractivity contribution in [3.8, 4) is 0 Å². The molecule has 31 heavy (non-hydrogen) atoms. The lowest BCUT2D eigenvalue weighted by atomic mass is 9.96. The lowest BCUT2D eigenvalue weighted by molar-refractivity contribution is -0.137. The Labute approximate surface area is 183 Å². The summed E-state index contributed by atoms with van der Waals surface area (Å²) >= 11 is 0. The number of pyridine rings is 1. The normalized spacial score (nSPS) is 18.8. The van der Waals surface area contributed by atoms with Crippen LogP contribution in [0.1, 0.15) is 71.3 Å². The summed E-state index contributed by atoms with van der Waals surface area (Å²) in [6, 6.07) is 2.23. The van der Waals surface area contributed by atoms with Gasteiger partial charge in [-0.25, -0.2) is 4.79 Å². The van der Waals surface area contributed by atoms with Crippen molar-refractivity contribution in [3.63, 3.8) is 0 Å².